The van der Waals surface area contributed by atoms with Crippen molar-refractivity contribution in [3.05, 3.63) is 22.8 Å². The molecule has 2 rings (SSSR count). The Labute approximate surface area is 146 Å². The molecule has 0 aliphatic rings. The summed E-state index contributed by atoms with van der Waals surface area (Å²) >= 11 is 3.44. The van der Waals surface area contributed by atoms with Crippen molar-refractivity contribution in [2.45, 2.75) is 45.8 Å². The first kappa shape index (κ1) is 18.2. The van der Waals surface area contributed by atoms with Gasteiger partial charge in [0.05, 0.1) is 6.20 Å². The molecule has 0 saturated carbocycles. The third-order valence-corrected chi connectivity index (χ3v) is 5.55. The zero-order valence-electron chi connectivity index (χ0n) is 14.1. The lowest BCUT2D eigenvalue weighted by Gasteiger charge is -2.15. The van der Waals surface area contributed by atoms with E-state index >= 15 is 0 Å². The number of aromatic nitrogens is 2. The van der Waals surface area contributed by atoms with Crippen LogP contribution < -0.4 is 4.74 Å². The van der Waals surface area contributed by atoms with Crippen LogP contribution in [0.2, 0.25) is 25.7 Å². The quantitative estimate of drug-likeness (QED) is 0.299. The minimum absolute atomic E-state index is 0.267. The molecule has 23 heavy (non-hydrogen) atoms. The summed E-state index contributed by atoms with van der Waals surface area (Å²) in [7, 11) is -1.11. The number of ether oxygens (including phenoxy) is 2. The summed E-state index contributed by atoms with van der Waals surface area (Å²) < 4.78 is 13.8. The fourth-order valence-corrected chi connectivity index (χ4v) is 3.27. The van der Waals surface area contributed by atoms with Crippen LogP contribution >= 0.6 is 15.9 Å². The predicted molar refractivity (Wildman–Crippen MR) is 97.5 cm³/mol. The van der Waals surface area contributed by atoms with E-state index in [2.05, 4.69) is 40.7 Å². The minimum Gasteiger partial charge on any atom is -0.424 e. The lowest BCUT2D eigenvalue weighted by atomic mass is 10.2. The Balaban J connectivity index is 2.18. The number of fused-ring (bicyclic) bond motifs is 1. The molecule has 7 heteroatoms. The van der Waals surface area contributed by atoms with Crippen molar-refractivity contribution in [2.75, 3.05) is 6.61 Å². The molecule has 1 aromatic carbocycles. The molecule has 0 N–H and O–H groups in total. The van der Waals surface area contributed by atoms with Gasteiger partial charge in [0, 0.05) is 31.0 Å². The molecule has 5 nitrogen and oxygen atoms in total. The molecule has 1 aromatic heterocycles. The second kappa shape index (κ2) is 7.59. The molecule has 126 valence electrons. The fourth-order valence-electron chi connectivity index (χ4n) is 2.06. The topological polar surface area (TPSA) is 53.3 Å². The first-order chi connectivity index (χ1) is 10.8. The summed E-state index contributed by atoms with van der Waals surface area (Å²) in [4.78, 5) is 11.6. The molecule has 0 fully saturated rings. The van der Waals surface area contributed by atoms with Gasteiger partial charge in [-0.05, 0) is 18.2 Å². The van der Waals surface area contributed by atoms with E-state index in [9.17, 15) is 4.79 Å². The highest BCUT2D eigenvalue weighted by molar-refractivity contribution is 9.10. The molecule has 0 bridgehead atoms. The van der Waals surface area contributed by atoms with Crippen LogP contribution in [0.1, 0.15) is 13.3 Å². The molecule has 0 saturated heterocycles. The van der Waals surface area contributed by atoms with E-state index in [4.69, 9.17) is 9.47 Å². The van der Waals surface area contributed by atoms with Crippen LogP contribution in [-0.4, -0.2) is 30.4 Å². The lowest BCUT2D eigenvalue weighted by Crippen LogP contribution is -2.22. The summed E-state index contributed by atoms with van der Waals surface area (Å²) in [5.41, 5.74) is 0.781. The molecule has 0 aliphatic carbocycles. The van der Waals surface area contributed by atoms with Crippen molar-refractivity contribution in [1.29, 1.82) is 0 Å². The normalized spacial score (nSPS) is 11.9. The van der Waals surface area contributed by atoms with E-state index in [1.807, 2.05) is 6.07 Å². The van der Waals surface area contributed by atoms with E-state index in [-0.39, 0.29) is 5.97 Å². The first-order valence-electron chi connectivity index (χ1n) is 7.73. The van der Waals surface area contributed by atoms with Crippen LogP contribution in [0.15, 0.2) is 22.8 Å². The number of benzene rings is 1. The van der Waals surface area contributed by atoms with E-state index < -0.39 is 8.07 Å². The molecule has 2 aromatic rings. The monoisotopic (exact) mass is 398 g/mol. The second-order valence-corrected chi connectivity index (χ2v) is 13.2. The number of nitrogens with zero attached hydrogens (tertiary/aromatic N) is 2. The molecule has 0 unspecified atom stereocenters. The molecular formula is C16H23BrN2O3Si. The first-order valence-corrected chi connectivity index (χ1v) is 12.2. The van der Waals surface area contributed by atoms with Gasteiger partial charge in [0.2, 0.25) is 0 Å². The number of hydrogen-bond acceptors (Lipinski definition) is 4. The van der Waals surface area contributed by atoms with Crippen LogP contribution in [-0.2, 0) is 16.3 Å². The third-order valence-electron chi connectivity index (χ3n) is 3.39. The molecule has 0 spiro atoms. The van der Waals surface area contributed by atoms with Gasteiger partial charge in [0.15, 0.2) is 5.75 Å². The summed E-state index contributed by atoms with van der Waals surface area (Å²) in [6.45, 7) is 9.80. The zero-order chi connectivity index (χ0) is 17.0. The number of carbonyl (C=O) groups is 1. The number of rotatable bonds is 7. The van der Waals surface area contributed by atoms with Gasteiger partial charge >= 0.3 is 5.97 Å². The number of carbonyl (C=O) groups excluding carboxylic acids is 1. The van der Waals surface area contributed by atoms with Crippen LogP contribution in [0.25, 0.3) is 10.9 Å². The Morgan fingerprint density at radius 3 is 2.74 bits per heavy atom. The minimum atomic E-state index is -1.11. The second-order valence-electron chi connectivity index (χ2n) is 6.66. The molecule has 1 heterocycles. The number of halogens is 1. The largest absolute Gasteiger partial charge is 0.424 e. The smallest absolute Gasteiger partial charge is 0.310 e. The summed E-state index contributed by atoms with van der Waals surface area (Å²) in [5, 5.41) is 5.26. The zero-order valence-corrected chi connectivity index (χ0v) is 16.6. The van der Waals surface area contributed by atoms with Gasteiger partial charge in [-0.15, -0.1) is 0 Å². The highest BCUT2D eigenvalue weighted by Gasteiger charge is 2.15. The van der Waals surface area contributed by atoms with Gasteiger partial charge in [0.1, 0.15) is 12.2 Å². The highest BCUT2D eigenvalue weighted by Crippen LogP contribution is 2.30. The summed E-state index contributed by atoms with van der Waals surface area (Å²) in [6, 6.07) is 4.84. The van der Waals surface area contributed by atoms with Gasteiger partial charge < -0.3 is 9.47 Å². The van der Waals surface area contributed by atoms with Crippen LogP contribution in [0.3, 0.4) is 0 Å². The van der Waals surface area contributed by atoms with Crippen LogP contribution in [0.5, 0.6) is 5.75 Å². The molecule has 0 atom stereocenters. The standard InChI is InChI=1S/C16H23BrN2O3Si/c1-5-15(20)22-14-9-13(17)8-12-10-18-19(16(12)14)11-21-6-7-23(2,3)4/h8-10H,5-7,11H2,1-4H3. The lowest BCUT2D eigenvalue weighted by molar-refractivity contribution is -0.133. The SMILES string of the molecule is CCC(=O)Oc1cc(Br)cc2cnn(COCC[Si](C)(C)C)c12. The summed E-state index contributed by atoms with van der Waals surface area (Å²) in [6.07, 6.45) is 2.08. The maximum Gasteiger partial charge on any atom is 0.310 e. The average Bonchev–Trinajstić information content (AvgIpc) is 2.85. The van der Waals surface area contributed by atoms with Crippen molar-refractivity contribution < 1.29 is 14.3 Å². The van der Waals surface area contributed by atoms with Crippen molar-refractivity contribution >= 4 is 40.9 Å². The van der Waals surface area contributed by atoms with Crippen molar-refractivity contribution in [3.63, 3.8) is 0 Å². The van der Waals surface area contributed by atoms with Gasteiger partial charge in [-0.25, -0.2) is 4.68 Å². The summed E-state index contributed by atoms with van der Waals surface area (Å²) in [5.74, 6) is 0.240. The predicted octanol–water partition coefficient (Wildman–Crippen LogP) is 4.43. The Kier molecular flexibility index (Phi) is 5.99. The third kappa shape index (κ3) is 5.15. The van der Waals surface area contributed by atoms with Crippen molar-refractivity contribution in [2.24, 2.45) is 0 Å². The molecule has 0 radical (unpaired) electrons. The van der Waals surface area contributed by atoms with E-state index in [1.54, 1.807) is 23.9 Å². The Bertz CT molecular complexity index is 694. The number of hydrogen-bond donors (Lipinski definition) is 0. The highest BCUT2D eigenvalue weighted by atomic mass is 79.9. The molecule has 0 aliphatic heterocycles. The van der Waals surface area contributed by atoms with Gasteiger partial charge in [0.25, 0.3) is 0 Å². The number of esters is 1. The van der Waals surface area contributed by atoms with Crippen LogP contribution in [0.4, 0.5) is 0 Å². The van der Waals surface area contributed by atoms with Crippen LogP contribution in [0, 0.1) is 0 Å². The van der Waals surface area contributed by atoms with E-state index in [0.29, 0.717) is 18.9 Å². The van der Waals surface area contributed by atoms with Gasteiger partial charge in [-0.1, -0.05) is 42.5 Å². The fraction of sp³-hybridized carbons (Fsp3) is 0.500. The Morgan fingerprint density at radius 2 is 2.09 bits per heavy atom. The van der Waals surface area contributed by atoms with Crippen molar-refractivity contribution in [1.82, 2.24) is 9.78 Å². The molecule has 0 amide bonds. The Morgan fingerprint density at radius 1 is 1.35 bits per heavy atom. The Hall–Kier alpha value is -1.18. The van der Waals surface area contributed by atoms with E-state index in [1.165, 1.54) is 0 Å². The van der Waals surface area contributed by atoms with Crippen molar-refractivity contribution in [3.8, 4) is 5.75 Å². The maximum absolute atomic E-state index is 11.6. The molecular weight excluding hydrogens is 376 g/mol. The van der Waals surface area contributed by atoms with Gasteiger partial charge in [-0.3, -0.25) is 4.79 Å². The maximum atomic E-state index is 11.6. The van der Waals surface area contributed by atoms with E-state index in [0.717, 1.165) is 28.0 Å². The average molecular weight is 399 g/mol. The van der Waals surface area contributed by atoms with Gasteiger partial charge in [-0.2, -0.15) is 5.10 Å².